The zero-order valence-corrected chi connectivity index (χ0v) is 16.1. The number of hydrogen-bond donors (Lipinski definition) is 2. The minimum Gasteiger partial charge on any atom is -1.00 e. The van der Waals surface area contributed by atoms with Gasteiger partial charge in [0.05, 0.1) is 16.8 Å². The van der Waals surface area contributed by atoms with Gasteiger partial charge in [-0.1, -0.05) is 24.3 Å². The van der Waals surface area contributed by atoms with Crippen LogP contribution in [0.5, 0.6) is 0 Å². The maximum Gasteiger partial charge on any atom is 1.00 e. The van der Waals surface area contributed by atoms with Gasteiger partial charge in [-0.05, 0) is 42.3 Å². The molecule has 4 nitrogen and oxygen atoms in total. The van der Waals surface area contributed by atoms with Gasteiger partial charge in [0.2, 0.25) is 5.91 Å². The van der Waals surface area contributed by atoms with Crippen molar-refractivity contribution < 1.29 is 58.9 Å². The smallest absolute Gasteiger partial charge is 1.00 e. The van der Waals surface area contributed by atoms with E-state index in [0.29, 0.717) is 11.1 Å². The normalized spacial score (nSPS) is 11.5. The van der Waals surface area contributed by atoms with E-state index in [9.17, 15) is 22.8 Å². The molecule has 0 aliphatic heterocycles. The van der Waals surface area contributed by atoms with E-state index in [1.807, 2.05) is 0 Å². The fraction of sp³-hybridized carbons (Fsp3) is 0.111. The fourth-order valence-electron chi connectivity index (χ4n) is 2.15. The Morgan fingerprint density at radius 1 is 1.08 bits per heavy atom. The van der Waals surface area contributed by atoms with Crippen LogP contribution in [0.15, 0.2) is 54.6 Å². The Labute approximate surface area is 171 Å². The Morgan fingerprint density at radius 3 is 2.19 bits per heavy atom. The summed E-state index contributed by atoms with van der Waals surface area (Å²) in [7, 11) is 0. The topological polar surface area (TPSA) is 66.4 Å². The first-order valence-corrected chi connectivity index (χ1v) is 7.17. The summed E-state index contributed by atoms with van der Waals surface area (Å²) in [6.45, 7) is 1.57. The number of benzene rings is 2. The van der Waals surface area contributed by atoms with E-state index >= 15 is 0 Å². The second-order valence-electron chi connectivity index (χ2n) is 5.24. The quantitative estimate of drug-likeness (QED) is 0.632. The molecule has 0 saturated carbocycles. The summed E-state index contributed by atoms with van der Waals surface area (Å²) in [5.74, 6) is -1.76. The maximum absolute atomic E-state index is 12.5. The molecule has 0 heterocycles. The Balaban J connectivity index is 0.00000338. The van der Waals surface area contributed by atoms with Gasteiger partial charge in [-0.25, -0.2) is 4.79 Å². The number of allylic oxidation sites excluding steroid dienone is 1. The van der Waals surface area contributed by atoms with Crippen LogP contribution in [0.3, 0.4) is 0 Å². The summed E-state index contributed by atoms with van der Waals surface area (Å²) in [5.41, 5.74) is 0.200. The van der Waals surface area contributed by atoms with Gasteiger partial charge >= 0.3 is 41.7 Å². The van der Waals surface area contributed by atoms with E-state index in [4.69, 9.17) is 5.11 Å². The molecule has 26 heavy (non-hydrogen) atoms. The third-order valence-corrected chi connectivity index (χ3v) is 3.43. The zero-order chi connectivity index (χ0) is 18.6. The van der Waals surface area contributed by atoms with Gasteiger partial charge in [0.15, 0.2) is 0 Å². The molecule has 0 radical (unpaired) electrons. The molecule has 2 N–H and O–H groups in total. The van der Waals surface area contributed by atoms with Crippen molar-refractivity contribution in [1.82, 2.24) is 0 Å². The van der Waals surface area contributed by atoms with Crippen LogP contribution >= 0.6 is 0 Å². The number of amides is 1. The Morgan fingerprint density at radius 2 is 1.65 bits per heavy atom. The van der Waals surface area contributed by atoms with Crippen molar-refractivity contribution in [1.29, 1.82) is 0 Å². The number of carboxylic acids is 1. The van der Waals surface area contributed by atoms with E-state index in [2.05, 4.69) is 5.32 Å². The molecule has 0 aromatic heterocycles. The van der Waals surface area contributed by atoms with E-state index in [0.717, 1.165) is 12.1 Å². The standard InChI is InChI=1S/C18H14F3NO3.Na.H/c1-11(12-6-8-13(9-7-12)18(19,20)21)10-16(23)22-15-5-3-2-4-14(15)17(24)25;;/h2-10H,1H3,(H,22,23)(H,24,25);;/q;+1;-1/b11-10+;;. The van der Waals surface area contributed by atoms with E-state index in [1.165, 1.54) is 36.4 Å². The molecule has 0 atom stereocenters. The Hall–Kier alpha value is -2.09. The molecule has 0 aliphatic rings. The van der Waals surface area contributed by atoms with Crippen LogP contribution in [0, 0.1) is 0 Å². The van der Waals surface area contributed by atoms with E-state index in [1.54, 1.807) is 13.0 Å². The summed E-state index contributed by atoms with van der Waals surface area (Å²) < 4.78 is 37.6. The molecule has 0 aliphatic carbocycles. The predicted octanol–water partition coefficient (Wildman–Crippen LogP) is 1.56. The zero-order valence-electron chi connectivity index (χ0n) is 15.1. The van der Waals surface area contributed by atoms with Gasteiger partial charge in [-0.15, -0.1) is 0 Å². The van der Waals surface area contributed by atoms with Gasteiger partial charge in [0.25, 0.3) is 0 Å². The molecule has 2 aromatic rings. The summed E-state index contributed by atoms with van der Waals surface area (Å²) >= 11 is 0. The molecule has 0 unspecified atom stereocenters. The monoisotopic (exact) mass is 373 g/mol. The number of carbonyl (C=O) groups excluding carboxylic acids is 1. The van der Waals surface area contributed by atoms with Gasteiger partial charge in [-0.3, -0.25) is 4.79 Å². The molecule has 2 aromatic carbocycles. The number of rotatable bonds is 4. The molecular formula is C18H15F3NNaO3. The van der Waals surface area contributed by atoms with Crippen molar-refractivity contribution in [2.24, 2.45) is 0 Å². The molecule has 0 spiro atoms. The molecule has 132 valence electrons. The summed E-state index contributed by atoms with van der Waals surface area (Å²) in [4.78, 5) is 23.1. The SMILES string of the molecule is C/C(=C\C(=O)Nc1ccccc1C(=O)O)c1ccc(C(F)(F)F)cc1.[H-].[Na+]. The first-order chi connectivity index (χ1) is 11.7. The maximum atomic E-state index is 12.5. The number of para-hydroxylation sites is 1. The average molecular weight is 373 g/mol. The Bertz CT molecular complexity index is 836. The number of anilines is 1. The average Bonchev–Trinajstić information content (AvgIpc) is 2.54. The van der Waals surface area contributed by atoms with Crippen molar-refractivity contribution in [3.8, 4) is 0 Å². The number of carboxylic acid groups (broad SMARTS) is 1. The minimum atomic E-state index is -4.42. The predicted molar refractivity (Wildman–Crippen MR) is 88.2 cm³/mol. The third-order valence-electron chi connectivity index (χ3n) is 3.43. The van der Waals surface area contributed by atoms with E-state index in [-0.39, 0.29) is 42.2 Å². The van der Waals surface area contributed by atoms with Crippen molar-refractivity contribution >= 4 is 23.1 Å². The summed E-state index contributed by atoms with van der Waals surface area (Å²) in [6.07, 6.45) is -3.23. The van der Waals surface area contributed by atoms with E-state index < -0.39 is 23.6 Å². The summed E-state index contributed by atoms with van der Waals surface area (Å²) in [6, 6.07) is 10.3. The first kappa shape index (κ1) is 22.0. The number of alkyl halides is 3. The molecular weight excluding hydrogens is 358 g/mol. The number of aromatic carboxylic acids is 1. The first-order valence-electron chi connectivity index (χ1n) is 7.17. The molecule has 0 fully saturated rings. The van der Waals surface area contributed by atoms with Crippen LogP contribution in [0.1, 0.15) is 29.8 Å². The van der Waals surface area contributed by atoms with Gasteiger partial charge in [-0.2, -0.15) is 13.2 Å². The minimum absolute atomic E-state index is 0. The van der Waals surface area contributed by atoms with Gasteiger partial charge in [0, 0.05) is 6.08 Å². The van der Waals surface area contributed by atoms with Crippen molar-refractivity contribution in [3.05, 3.63) is 71.3 Å². The van der Waals surface area contributed by atoms with Crippen LogP contribution in [0.2, 0.25) is 0 Å². The number of carbonyl (C=O) groups is 2. The molecule has 1 amide bonds. The van der Waals surface area contributed by atoms with Gasteiger partial charge < -0.3 is 11.8 Å². The number of nitrogens with one attached hydrogen (secondary N) is 1. The number of halogens is 3. The van der Waals surface area contributed by atoms with Crippen molar-refractivity contribution in [2.45, 2.75) is 13.1 Å². The molecule has 0 bridgehead atoms. The number of hydrogen-bond acceptors (Lipinski definition) is 2. The van der Waals surface area contributed by atoms with Gasteiger partial charge in [0.1, 0.15) is 0 Å². The Kier molecular flexibility index (Phi) is 7.62. The van der Waals surface area contributed by atoms with Crippen LogP contribution in [0.25, 0.3) is 5.57 Å². The van der Waals surface area contributed by atoms with Crippen molar-refractivity contribution in [2.75, 3.05) is 5.32 Å². The van der Waals surface area contributed by atoms with Crippen LogP contribution in [0.4, 0.5) is 18.9 Å². The largest absolute Gasteiger partial charge is 1.00 e. The second-order valence-corrected chi connectivity index (χ2v) is 5.24. The third kappa shape index (κ3) is 5.72. The molecule has 0 saturated heterocycles. The second kappa shape index (κ2) is 9.02. The van der Waals surface area contributed by atoms with Crippen LogP contribution in [-0.2, 0) is 11.0 Å². The van der Waals surface area contributed by atoms with Crippen LogP contribution < -0.4 is 34.9 Å². The fourth-order valence-corrected chi connectivity index (χ4v) is 2.15. The molecule has 2 rings (SSSR count). The van der Waals surface area contributed by atoms with Crippen molar-refractivity contribution in [3.63, 3.8) is 0 Å². The van der Waals surface area contributed by atoms with Crippen LogP contribution in [-0.4, -0.2) is 17.0 Å². The summed E-state index contributed by atoms with van der Waals surface area (Å²) in [5, 5.41) is 11.5. The molecule has 8 heteroatoms.